The largest absolute Gasteiger partial charge is 0.469 e. The summed E-state index contributed by atoms with van der Waals surface area (Å²) >= 11 is 12.2. The minimum absolute atomic E-state index is 0.00416. The van der Waals surface area contributed by atoms with E-state index in [1.807, 2.05) is 24.3 Å². The van der Waals surface area contributed by atoms with E-state index in [0.717, 1.165) is 25.7 Å². The quantitative estimate of drug-likeness (QED) is 0.458. The summed E-state index contributed by atoms with van der Waals surface area (Å²) in [5.74, 6) is 0.159. The van der Waals surface area contributed by atoms with Crippen molar-refractivity contribution in [1.82, 2.24) is 9.97 Å². The first kappa shape index (κ1) is 24.4. The Hall–Kier alpha value is -2.22. The summed E-state index contributed by atoms with van der Waals surface area (Å²) in [5.41, 5.74) is 1.81. The number of hydrogen-bond acceptors (Lipinski definition) is 6. The maximum atomic E-state index is 13.2. The van der Waals surface area contributed by atoms with Gasteiger partial charge in [-0.25, -0.2) is 9.97 Å². The van der Waals surface area contributed by atoms with Crippen LogP contribution < -0.4 is 4.90 Å². The Morgan fingerprint density at radius 1 is 1.12 bits per heavy atom. The number of benzene rings is 1. The van der Waals surface area contributed by atoms with Crippen molar-refractivity contribution in [2.75, 3.05) is 18.6 Å². The minimum atomic E-state index is -0.758. The maximum absolute atomic E-state index is 13.2. The molecule has 1 heterocycles. The Labute approximate surface area is 197 Å². The van der Waals surface area contributed by atoms with E-state index in [9.17, 15) is 14.7 Å². The number of rotatable bonds is 7. The van der Waals surface area contributed by atoms with Crippen molar-refractivity contribution >= 4 is 40.8 Å². The van der Waals surface area contributed by atoms with Crippen molar-refractivity contribution in [3.8, 4) is 0 Å². The van der Waals surface area contributed by atoms with Crippen LogP contribution in [0.5, 0.6) is 0 Å². The second-order valence-electron chi connectivity index (χ2n) is 8.18. The molecule has 1 aliphatic carbocycles. The van der Waals surface area contributed by atoms with E-state index in [1.54, 1.807) is 6.92 Å². The fourth-order valence-electron chi connectivity index (χ4n) is 4.17. The molecule has 0 radical (unpaired) electrons. The lowest BCUT2D eigenvalue weighted by molar-refractivity contribution is -0.142. The molecular weight excluding hydrogens is 453 g/mol. The third-order valence-corrected chi connectivity index (χ3v) is 6.44. The molecule has 0 aliphatic heterocycles. The highest BCUT2D eigenvalue weighted by atomic mass is 35.5. The Kier molecular flexibility index (Phi) is 8.45. The van der Waals surface area contributed by atoms with Crippen LogP contribution in [0, 0.1) is 5.92 Å². The lowest BCUT2D eigenvalue weighted by atomic mass is 9.77. The minimum Gasteiger partial charge on any atom is -0.469 e. The number of aliphatic hydroxyl groups excluding tert-OH is 1. The lowest BCUT2D eigenvalue weighted by Crippen LogP contribution is -2.37. The van der Waals surface area contributed by atoms with Crippen LogP contribution in [0.1, 0.15) is 60.9 Å². The molecule has 1 N–H and O–H groups in total. The zero-order chi connectivity index (χ0) is 23.3. The molecule has 1 saturated carbocycles. The van der Waals surface area contributed by atoms with Gasteiger partial charge in [-0.3, -0.25) is 9.59 Å². The summed E-state index contributed by atoms with van der Waals surface area (Å²) in [6.45, 7) is 1.67. The standard InChI is InChI=1S/C23H27Cl2N3O4/c1-14(29)12-28(23(31)20-21(24)26-13-27-22(20)25)18-9-7-17(8-10-18)16-5-3-15(4-6-16)11-19(30)32-2/h7-10,13-16,29H,3-6,11-12H2,1-2H3. The highest BCUT2D eigenvalue weighted by Gasteiger charge is 2.27. The molecule has 1 amide bonds. The number of carbonyl (C=O) groups is 2. The summed E-state index contributed by atoms with van der Waals surface area (Å²) in [6, 6.07) is 7.74. The molecule has 0 bridgehead atoms. The number of methoxy groups -OCH3 is 1. The number of carbonyl (C=O) groups excluding carboxylic acids is 2. The number of ether oxygens (including phenoxy) is 1. The first-order valence-corrected chi connectivity index (χ1v) is 11.4. The molecule has 1 atom stereocenters. The van der Waals surface area contributed by atoms with Crippen molar-refractivity contribution in [2.45, 2.75) is 51.0 Å². The number of anilines is 1. The van der Waals surface area contributed by atoms with Gasteiger partial charge in [0.05, 0.1) is 19.8 Å². The number of halogens is 2. The number of hydrogen-bond donors (Lipinski definition) is 1. The van der Waals surface area contributed by atoms with Crippen LogP contribution in [0.15, 0.2) is 30.6 Å². The summed E-state index contributed by atoms with van der Waals surface area (Å²) < 4.78 is 4.78. The van der Waals surface area contributed by atoms with E-state index in [1.165, 1.54) is 23.9 Å². The molecule has 1 aliphatic rings. The fraction of sp³-hybridized carbons (Fsp3) is 0.478. The Morgan fingerprint density at radius 2 is 1.72 bits per heavy atom. The van der Waals surface area contributed by atoms with Crippen LogP contribution in [0.2, 0.25) is 10.3 Å². The van der Waals surface area contributed by atoms with Crippen LogP contribution in [0.25, 0.3) is 0 Å². The summed E-state index contributed by atoms with van der Waals surface area (Å²) in [5, 5.41) is 9.89. The third kappa shape index (κ3) is 5.97. The first-order valence-electron chi connectivity index (χ1n) is 10.6. The number of esters is 1. The maximum Gasteiger partial charge on any atom is 0.305 e. The van der Waals surface area contributed by atoms with Crippen LogP contribution in [0.3, 0.4) is 0 Å². The van der Waals surface area contributed by atoms with Gasteiger partial charge >= 0.3 is 5.97 Å². The molecule has 1 fully saturated rings. The van der Waals surface area contributed by atoms with Gasteiger partial charge in [-0.1, -0.05) is 35.3 Å². The topological polar surface area (TPSA) is 92.6 Å². The molecule has 0 saturated heterocycles. The van der Waals surface area contributed by atoms with E-state index >= 15 is 0 Å². The predicted octanol–water partition coefficient (Wildman–Crippen LogP) is 4.65. The molecule has 9 heteroatoms. The molecule has 1 aromatic carbocycles. The van der Waals surface area contributed by atoms with Crippen molar-refractivity contribution in [1.29, 1.82) is 0 Å². The second-order valence-corrected chi connectivity index (χ2v) is 8.90. The van der Waals surface area contributed by atoms with Crippen LogP contribution in [0.4, 0.5) is 5.69 Å². The molecule has 3 rings (SSSR count). The van der Waals surface area contributed by atoms with Crippen molar-refractivity contribution < 1.29 is 19.4 Å². The molecule has 0 spiro atoms. The molecule has 32 heavy (non-hydrogen) atoms. The summed E-state index contributed by atoms with van der Waals surface area (Å²) in [7, 11) is 1.42. The number of nitrogens with zero attached hydrogens (tertiary/aromatic N) is 3. The van der Waals surface area contributed by atoms with Gasteiger partial charge in [-0.05, 0) is 62.1 Å². The highest BCUT2D eigenvalue weighted by molar-refractivity contribution is 6.39. The second kappa shape index (κ2) is 11.1. The van der Waals surface area contributed by atoms with Gasteiger partial charge in [0.2, 0.25) is 0 Å². The monoisotopic (exact) mass is 479 g/mol. The Balaban J connectivity index is 1.75. The van der Waals surface area contributed by atoms with Gasteiger partial charge in [-0.15, -0.1) is 0 Å². The fourth-order valence-corrected chi connectivity index (χ4v) is 4.65. The van der Waals surface area contributed by atoms with Gasteiger partial charge in [0, 0.05) is 12.1 Å². The molecule has 172 valence electrons. The van der Waals surface area contributed by atoms with Crippen LogP contribution in [-0.4, -0.2) is 46.7 Å². The van der Waals surface area contributed by atoms with Crippen LogP contribution in [-0.2, 0) is 9.53 Å². The molecule has 7 nitrogen and oxygen atoms in total. The van der Waals surface area contributed by atoms with Gasteiger partial charge in [0.15, 0.2) is 0 Å². The molecular formula is C23H27Cl2N3O4. The number of aromatic nitrogens is 2. The zero-order valence-electron chi connectivity index (χ0n) is 18.1. The van der Waals surface area contributed by atoms with E-state index < -0.39 is 12.0 Å². The zero-order valence-corrected chi connectivity index (χ0v) is 19.6. The Bertz CT molecular complexity index is 925. The Morgan fingerprint density at radius 3 is 2.25 bits per heavy atom. The van der Waals surface area contributed by atoms with Crippen molar-refractivity contribution in [3.05, 3.63) is 52.0 Å². The van der Waals surface area contributed by atoms with Gasteiger partial charge in [0.1, 0.15) is 22.2 Å². The number of amides is 1. The van der Waals surface area contributed by atoms with Gasteiger partial charge < -0.3 is 14.7 Å². The number of aliphatic hydroxyl groups is 1. The normalized spacial score (nSPS) is 19.3. The van der Waals surface area contributed by atoms with E-state index in [2.05, 4.69) is 9.97 Å². The molecule has 2 aromatic rings. The van der Waals surface area contributed by atoms with Crippen molar-refractivity contribution in [3.63, 3.8) is 0 Å². The van der Waals surface area contributed by atoms with E-state index in [0.29, 0.717) is 23.9 Å². The predicted molar refractivity (Wildman–Crippen MR) is 123 cm³/mol. The summed E-state index contributed by atoms with van der Waals surface area (Å²) in [6.07, 6.45) is 4.89. The first-order chi connectivity index (χ1) is 15.3. The highest BCUT2D eigenvalue weighted by Crippen LogP contribution is 2.38. The average molecular weight is 480 g/mol. The SMILES string of the molecule is COC(=O)CC1CCC(c2ccc(N(CC(C)O)C(=O)c3c(Cl)ncnc3Cl)cc2)CC1. The van der Waals surface area contributed by atoms with Gasteiger partial charge in [-0.2, -0.15) is 0 Å². The summed E-state index contributed by atoms with van der Waals surface area (Å²) in [4.78, 5) is 33.8. The third-order valence-electron chi connectivity index (χ3n) is 5.87. The van der Waals surface area contributed by atoms with E-state index in [4.69, 9.17) is 27.9 Å². The molecule has 1 aromatic heterocycles. The average Bonchev–Trinajstić information content (AvgIpc) is 2.77. The van der Waals surface area contributed by atoms with Crippen molar-refractivity contribution in [2.24, 2.45) is 5.92 Å². The smallest absolute Gasteiger partial charge is 0.305 e. The van der Waals surface area contributed by atoms with Gasteiger partial charge in [0.25, 0.3) is 5.91 Å². The van der Waals surface area contributed by atoms with Crippen LogP contribution >= 0.6 is 23.2 Å². The molecule has 1 unspecified atom stereocenters. The van der Waals surface area contributed by atoms with E-state index in [-0.39, 0.29) is 28.4 Å². The lowest BCUT2D eigenvalue weighted by Gasteiger charge is -2.29.